The Morgan fingerprint density at radius 3 is 2.56 bits per heavy atom. The summed E-state index contributed by atoms with van der Waals surface area (Å²) in [5.74, 6) is -0.349. The zero-order valence-electron chi connectivity index (χ0n) is 8.56. The van der Waals surface area contributed by atoms with Crippen molar-refractivity contribution in [1.82, 2.24) is 0 Å². The molecule has 0 aliphatic rings. The minimum Gasteiger partial charge on any atom is -0.398 e. The number of alkyl halides is 3. The van der Waals surface area contributed by atoms with Gasteiger partial charge in [-0.2, -0.15) is 13.2 Å². The van der Waals surface area contributed by atoms with E-state index in [1.54, 1.807) is 6.92 Å². The fourth-order valence-corrected chi connectivity index (χ4v) is 1.13. The summed E-state index contributed by atoms with van der Waals surface area (Å²) in [6, 6.07) is 3.27. The lowest BCUT2D eigenvalue weighted by Gasteiger charge is -2.12. The summed E-state index contributed by atoms with van der Waals surface area (Å²) in [5, 5.41) is 2.34. The second kappa shape index (κ2) is 4.42. The quantitative estimate of drug-likeness (QED) is 0.770. The molecular weight excluding hydrogens is 221 g/mol. The van der Waals surface area contributed by atoms with Gasteiger partial charge in [0.05, 0.1) is 5.56 Å². The Labute approximate surface area is 90.4 Å². The van der Waals surface area contributed by atoms with Gasteiger partial charge in [0.25, 0.3) is 0 Å². The molecule has 0 radical (unpaired) electrons. The molecule has 88 valence electrons. The van der Waals surface area contributed by atoms with Gasteiger partial charge < -0.3 is 11.1 Å². The minimum atomic E-state index is -4.52. The summed E-state index contributed by atoms with van der Waals surface area (Å²) >= 11 is 0. The largest absolute Gasteiger partial charge is 0.418 e. The van der Waals surface area contributed by atoms with Gasteiger partial charge in [0, 0.05) is 17.8 Å². The second-order valence-electron chi connectivity index (χ2n) is 3.20. The van der Waals surface area contributed by atoms with Crippen molar-refractivity contribution >= 4 is 17.3 Å². The van der Waals surface area contributed by atoms with Crippen molar-refractivity contribution in [2.45, 2.75) is 19.5 Å². The molecule has 1 aromatic rings. The van der Waals surface area contributed by atoms with E-state index < -0.39 is 11.7 Å². The number of amides is 1. The first-order chi connectivity index (χ1) is 7.34. The molecule has 0 saturated heterocycles. The molecule has 3 N–H and O–H groups in total. The molecule has 0 fully saturated rings. The standard InChI is InChI=1S/C10H11F3N2O/c1-2-9(16)15-6-3-4-8(14)7(5-6)10(11,12)13/h3-5H,2,14H2,1H3,(H,15,16). The van der Waals surface area contributed by atoms with Crippen LogP contribution in [0.5, 0.6) is 0 Å². The number of nitrogens with one attached hydrogen (secondary N) is 1. The monoisotopic (exact) mass is 232 g/mol. The van der Waals surface area contributed by atoms with Crippen LogP contribution in [0.4, 0.5) is 24.5 Å². The number of carbonyl (C=O) groups excluding carboxylic acids is 1. The molecular formula is C10H11F3N2O. The molecule has 1 rings (SSSR count). The lowest BCUT2D eigenvalue weighted by Crippen LogP contribution is -2.13. The highest BCUT2D eigenvalue weighted by Gasteiger charge is 2.33. The summed E-state index contributed by atoms with van der Waals surface area (Å²) < 4.78 is 37.4. The van der Waals surface area contributed by atoms with Gasteiger partial charge in [-0.3, -0.25) is 4.79 Å². The first-order valence-corrected chi connectivity index (χ1v) is 4.61. The predicted octanol–water partition coefficient (Wildman–Crippen LogP) is 2.64. The van der Waals surface area contributed by atoms with E-state index in [4.69, 9.17) is 5.73 Å². The van der Waals surface area contributed by atoms with Gasteiger partial charge in [-0.15, -0.1) is 0 Å². The van der Waals surface area contributed by atoms with Crippen LogP contribution in [0.2, 0.25) is 0 Å². The van der Waals surface area contributed by atoms with Crippen molar-refractivity contribution in [3.05, 3.63) is 23.8 Å². The number of carbonyl (C=O) groups is 1. The van der Waals surface area contributed by atoms with E-state index in [1.807, 2.05) is 0 Å². The summed E-state index contributed by atoms with van der Waals surface area (Å²) in [5.41, 5.74) is 3.99. The van der Waals surface area contributed by atoms with Crippen molar-refractivity contribution in [3.8, 4) is 0 Å². The highest BCUT2D eigenvalue weighted by molar-refractivity contribution is 5.90. The number of benzene rings is 1. The second-order valence-corrected chi connectivity index (χ2v) is 3.20. The Hall–Kier alpha value is -1.72. The number of hydrogen-bond acceptors (Lipinski definition) is 2. The van der Waals surface area contributed by atoms with Gasteiger partial charge in [0.15, 0.2) is 0 Å². The van der Waals surface area contributed by atoms with E-state index in [1.165, 1.54) is 6.07 Å². The summed E-state index contributed by atoms with van der Waals surface area (Å²) in [4.78, 5) is 11.0. The molecule has 0 aromatic heterocycles. The van der Waals surface area contributed by atoms with Gasteiger partial charge in [0.1, 0.15) is 0 Å². The average molecular weight is 232 g/mol. The molecule has 0 aliphatic carbocycles. The molecule has 0 aliphatic heterocycles. The highest BCUT2D eigenvalue weighted by atomic mass is 19.4. The smallest absolute Gasteiger partial charge is 0.398 e. The fourth-order valence-electron chi connectivity index (χ4n) is 1.13. The third-order valence-corrected chi connectivity index (χ3v) is 1.96. The van der Waals surface area contributed by atoms with E-state index in [0.29, 0.717) is 0 Å². The molecule has 16 heavy (non-hydrogen) atoms. The molecule has 0 unspecified atom stereocenters. The summed E-state index contributed by atoms with van der Waals surface area (Å²) in [6.07, 6.45) is -4.32. The zero-order chi connectivity index (χ0) is 12.3. The van der Waals surface area contributed by atoms with Gasteiger partial charge in [-0.05, 0) is 18.2 Å². The molecule has 3 nitrogen and oxygen atoms in total. The Kier molecular flexibility index (Phi) is 3.41. The fraction of sp³-hybridized carbons (Fsp3) is 0.300. The molecule has 0 saturated carbocycles. The number of halogens is 3. The lowest BCUT2D eigenvalue weighted by atomic mass is 10.1. The van der Waals surface area contributed by atoms with Gasteiger partial charge in [0.2, 0.25) is 5.91 Å². The van der Waals surface area contributed by atoms with Crippen molar-refractivity contribution in [2.75, 3.05) is 11.1 Å². The molecule has 0 heterocycles. The van der Waals surface area contributed by atoms with Crippen molar-refractivity contribution in [2.24, 2.45) is 0 Å². The molecule has 6 heteroatoms. The first-order valence-electron chi connectivity index (χ1n) is 4.61. The molecule has 1 aromatic carbocycles. The van der Waals surface area contributed by atoms with Crippen LogP contribution in [0.25, 0.3) is 0 Å². The Morgan fingerprint density at radius 1 is 1.44 bits per heavy atom. The van der Waals surface area contributed by atoms with E-state index in [9.17, 15) is 18.0 Å². The highest BCUT2D eigenvalue weighted by Crippen LogP contribution is 2.35. The Morgan fingerprint density at radius 2 is 2.06 bits per heavy atom. The predicted molar refractivity (Wildman–Crippen MR) is 54.8 cm³/mol. The van der Waals surface area contributed by atoms with Crippen LogP contribution in [-0.4, -0.2) is 5.91 Å². The maximum Gasteiger partial charge on any atom is 0.418 e. The van der Waals surface area contributed by atoms with Crippen LogP contribution in [-0.2, 0) is 11.0 Å². The van der Waals surface area contributed by atoms with Crippen LogP contribution in [0, 0.1) is 0 Å². The van der Waals surface area contributed by atoms with Crippen molar-refractivity contribution in [3.63, 3.8) is 0 Å². The van der Waals surface area contributed by atoms with Crippen LogP contribution < -0.4 is 11.1 Å². The minimum absolute atomic E-state index is 0.0911. The van der Waals surface area contributed by atoms with Crippen LogP contribution in [0.15, 0.2) is 18.2 Å². The molecule has 1 amide bonds. The molecule has 0 spiro atoms. The maximum atomic E-state index is 12.5. The molecule has 0 atom stereocenters. The van der Waals surface area contributed by atoms with Gasteiger partial charge >= 0.3 is 6.18 Å². The van der Waals surface area contributed by atoms with Crippen molar-refractivity contribution < 1.29 is 18.0 Å². The average Bonchev–Trinajstić information content (AvgIpc) is 2.19. The van der Waals surface area contributed by atoms with Crippen LogP contribution in [0.1, 0.15) is 18.9 Å². The SMILES string of the molecule is CCC(=O)Nc1ccc(N)c(C(F)(F)F)c1. The van der Waals surface area contributed by atoms with Crippen LogP contribution >= 0.6 is 0 Å². The first kappa shape index (κ1) is 12.4. The Balaban J connectivity index is 3.03. The summed E-state index contributed by atoms with van der Waals surface area (Å²) in [6.45, 7) is 1.61. The van der Waals surface area contributed by atoms with Gasteiger partial charge in [-0.1, -0.05) is 6.92 Å². The number of anilines is 2. The number of rotatable bonds is 2. The lowest BCUT2D eigenvalue weighted by molar-refractivity contribution is -0.136. The third-order valence-electron chi connectivity index (χ3n) is 1.96. The normalized spacial score (nSPS) is 11.2. The zero-order valence-corrected chi connectivity index (χ0v) is 8.56. The van der Waals surface area contributed by atoms with E-state index in [0.717, 1.165) is 12.1 Å². The third kappa shape index (κ3) is 2.88. The van der Waals surface area contributed by atoms with E-state index in [-0.39, 0.29) is 23.7 Å². The number of hydrogen-bond donors (Lipinski definition) is 2. The number of nitrogens with two attached hydrogens (primary N) is 1. The molecule has 0 bridgehead atoms. The maximum absolute atomic E-state index is 12.5. The van der Waals surface area contributed by atoms with E-state index >= 15 is 0 Å². The van der Waals surface area contributed by atoms with Crippen LogP contribution in [0.3, 0.4) is 0 Å². The van der Waals surface area contributed by atoms with Gasteiger partial charge in [-0.25, -0.2) is 0 Å². The van der Waals surface area contributed by atoms with Crippen molar-refractivity contribution in [1.29, 1.82) is 0 Å². The topological polar surface area (TPSA) is 55.1 Å². The Bertz CT molecular complexity index is 402. The number of nitrogen functional groups attached to an aromatic ring is 1. The summed E-state index contributed by atoms with van der Waals surface area (Å²) in [7, 11) is 0. The van der Waals surface area contributed by atoms with E-state index in [2.05, 4.69) is 5.32 Å².